The van der Waals surface area contributed by atoms with Gasteiger partial charge in [0.05, 0.1) is 12.8 Å². The first kappa shape index (κ1) is 17.1. The second-order valence-corrected chi connectivity index (χ2v) is 7.21. The van der Waals surface area contributed by atoms with Crippen LogP contribution in [-0.4, -0.2) is 41.6 Å². The number of pyridine rings is 1. The molecule has 0 saturated carbocycles. The van der Waals surface area contributed by atoms with Crippen molar-refractivity contribution in [3.8, 4) is 16.3 Å². The zero-order valence-corrected chi connectivity index (χ0v) is 15.6. The summed E-state index contributed by atoms with van der Waals surface area (Å²) in [4.78, 5) is 11.6. The minimum atomic E-state index is 0.337. The minimum Gasteiger partial charge on any atom is -0.497 e. The third-order valence-corrected chi connectivity index (χ3v) is 5.62. The highest BCUT2D eigenvalue weighted by Gasteiger charge is 2.24. The number of ether oxygens (including phenoxy) is 1. The van der Waals surface area contributed by atoms with Crippen molar-refractivity contribution in [2.75, 3.05) is 26.7 Å². The maximum Gasteiger partial charge on any atom is 0.123 e. The van der Waals surface area contributed by atoms with Crippen molar-refractivity contribution in [3.05, 3.63) is 65.4 Å². The lowest BCUT2D eigenvalue weighted by Crippen LogP contribution is -2.45. The van der Waals surface area contributed by atoms with Crippen molar-refractivity contribution >= 4 is 11.3 Å². The largest absolute Gasteiger partial charge is 0.497 e. The Morgan fingerprint density at radius 1 is 1.27 bits per heavy atom. The van der Waals surface area contributed by atoms with E-state index in [1.807, 2.05) is 30.6 Å². The lowest BCUT2D eigenvalue weighted by molar-refractivity contribution is 0.152. The monoisotopic (exact) mass is 366 g/mol. The number of methoxy groups -OCH3 is 1. The Kier molecular flexibility index (Phi) is 5.24. The van der Waals surface area contributed by atoms with Crippen molar-refractivity contribution in [3.63, 3.8) is 0 Å². The van der Waals surface area contributed by atoms with Gasteiger partial charge in [-0.05, 0) is 35.9 Å². The molecule has 1 aliphatic rings. The molecule has 1 unspecified atom stereocenters. The Balaban J connectivity index is 1.50. The van der Waals surface area contributed by atoms with E-state index < -0.39 is 0 Å². The highest BCUT2D eigenvalue weighted by molar-refractivity contribution is 7.13. The van der Waals surface area contributed by atoms with Gasteiger partial charge in [-0.3, -0.25) is 9.88 Å². The Morgan fingerprint density at radius 3 is 2.92 bits per heavy atom. The fraction of sp³-hybridized carbons (Fsp3) is 0.300. The summed E-state index contributed by atoms with van der Waals surface area (Å²) in [5.74, 6) is 0.866. The molecule has 1 aromatic carbocycles. The van der Waals surface area contributed by atoms with Crippen LogP contribution in [0, 0.1) is 0 Å². The van der Waals surface area contributed by atoms with Crippen LogP contribution in [0.4, 0.5) is 0 Å². The number of thiazole rings is 1. The molecule has 0 spiro atoms. The number of hydrogen-bond donors (Lipinski definition) is 1. The number of piperazine rings is 1. The van der Waals surface area contributed by atoms with E-state index in [-0.39, 0.29) is 0 Å². The van der Waals surface area contributed by atoms with Gasteiger partial charge in [0.1, 0.15) is 10.8 Å². The molecule has 1 fully saturated rings. The molecule has 1 N–H and O–H groups in total. The van der Waals surface area contributed by atoms with Gasteiger partial charge in [0, 0.05) is 55.6 Å². The van der Waals surface area contributed by atoms with Crippen LogP contribution in [-0.2, 0) is 6.54 Å². The molecule has 1 aliphatic heterocycles. The van der Waals surface area contributed by atoms with E-state index in [0.717, 1.165) is 48.2 Å². The van der Waals surface area contributed by atoms with Crippen molar-refractivity contribution in [2.45, 2.75) is 12.6 Å². The molecule has 6 heteroatoms. The first-order chi connectivity index (χ1) is 12.8. The summed E-state index contributed by atoms with van der Waals surface area (Å²) < 4.78 is 5.23. The summed E-state index contributed by atoms with van der Waals surface area (Å²) in [7, 11) is 1.68. The van der Waals surface area contributed by atoms with Crippen molar-refractivity contribution in [2.24, 2.45) is 0 Å². The molecule has 0 amide bonds. The number of rotatable bonds is 5. The normalized spacial score (nSPS) is 18.0. The van der Waals surface area contributed by atoms with E-state index in [2.05, 4.69) is 38.8 Å². The average molecular weight is 366 g/mol. The molecule has 0 aliphatic carbocycles. The quantitative estimate of drug-likeness (QED) is 0.750. The van der Waals surface area contributed by atoms with Crippen LogP contribution in [0.15, 0.2) is 54.2 Å². The summed E-state index contributed by atoms with van der Waals surface area (Å²) in [5.41, 5.74) is 3.51. The molecule has 4 rings (SSSR count). The predicted octanol–water partition coefficient (Wildman–Crippen LogP) is 3.36. The second kappa shape index (κ2) is 7.95. The number of benzene rings is 1. The molecular weight excluding hydrogens is 344 g/mol. The van der Waals surface area contributed by atoms with Crippen molar-refractivity contribution in [1.29, 1.82) is 0 Å². The topological polar surface area (TPSA) is 50.3 Å². The van der Waals surface area contributed by atoms with E-state index in [0.29, 0.717) is 6.04 Å². The van der Waals surface area contributed by atoms with E-state index in [4.69, 9.17) is 9.72 Å². The fourth-order valence-electron chi connectivity index (χ4n) is 3.29. The fourth-order valence-corrected chi connectivity index (χ4v) is 4.11. The van der Waals surface area contributed by atoms with Gasteiger partial charge in [-0.15, -0.1) is 11.3 Å². The van der Waals surface area contributed by atoms with Gasteiger partial charge in [-0.25, -0.2) is 4.98 Å². The SMILES string of the molecule is COc1ccc(-c2nc(CN3CCNCC3c3cccnc3)cs2)cc1. The Hall–Kier alpha value is -2.28. The van der Waals surface area contributed by atoms with Gasteiger partial charge < -0.3 is 10.1 Å². The number of nitrogens with zero attached hydrogens (tertiary/aromatic N) is 3. The van der Waals surface area contributed by atoms with E-state index in [1.54, 1.807) is 18.4 Å². The standard InChI is InChI=1S/C20H22N4OS/c1-25-18-6-4-15(5-7-18)20-23-17(14-26-20)13-24-10-9-22-12-19(24)16-3-2-8-21-11-16/h2-8,11,14,19,22H,9-10,12-13H2,1H3. The smallest absolute Gasteiger partial charge is 0.123 e. The molecule has 5 nitrogen and oxygen atoms in total. The molecule has 0 bridgehead atoms. The summed E-state index contributed by atoms with van der Waals surface area (Å²) in [5, 5.41) is 6.71. The zero-order valence-electron chi connectivity index (χ0n) is 14.8. The molecule has 134 valence electrons. The Labute approximate surface area is 157 Å². The summed E-state index contributed by atoms with van der Waals surface area (Å²) in [6, 6.07) is 12.6. The number of aromatic nitrogens is 2. The lowest BCUT2D eigenvalue weighted by atomic mass is 10.1. The third kappa shape index (κ3) is 3.77. The zero-order chi connectivity index (χ0) is 17.8. The van der Waals surface area contributed by atoms with Crippen LogP contribution in [0.1, 0.15) is 17.3 Å². The van der Waals surface area contributed by atoms with Crippen molar-refractivity contribution in [1.82, 2.24) is 20.2 Å². The molecule has 26 heavy (non-hydrogen) atoms. The first-order valence-corrected chi connectivity index (χ1v) is 9.65. The molecule has 0 radical (unpaired) electrons. The van der Waals surface area contributed by atoms with Gasteiger partial charge in [0.2, 0.25) is 0 Å². The van der Waals surface area contributed by atoms with Crippen LogP contribution < -0.4 is 10.1 Å². The predicted molar refractivity (Wildman–Crippen MR) is 104 cm³/mol. The first-order valence-electron chi connectivity index (χ1n) is 8.77. The van der Waals surface area contributed by atoms with Gasteiger partial charge >= 0.3 is 0 Å². The van der Waals surface area contributed by atoms with Gasteiger partial charge in [0.15, 0.2) is 0 Å². The van der Waals surface area contributed by atoms with E-state index in [9.17, 15) is 0 Å². The average Bonchev–Trinajstić information content (AvgIpc) is 3.18. The van der Waals surface area contributed by atoms with Gasteiger partial charge in [0.25, 0.3) is 0 Å². The van der Waals surface area contributed by atoms with Crippen LogP contribution in [0.2, 0.25) is 0 Å². The van der Waals surface area contributed by atoms with E-state index >= 15 is 0 Å². The highest BCUT2D eigenvalue weighted by atomic mass is 32.1. The highest BCUT2D eigenvalue weighted by Crippen LogP contribution is 2.28. The van der Waals surface area contributed by atoms with Crippen LogP contribution in [0.25, 0.3) is 10.6 Å². The summed E-state index contributed by atoms with van der Waals surface area (Å²) in [6.07, 6.45) is 3.79. The van der Waals surface area contributed by atoms with Crippen LogP contribution in [0.3, 0.4) is 0 Å². The molecule has 3 aromatic rings. The molecule has 3 heterocycles. The third-order valence-electron chi connectivity index (χ3n) is 4.68. The van der Waals surface area contributed by atoms with Crippen molar-refractivity contribution < 1.29 is 4.74 Å². The Morgan fingerprint density at radius 2 is 2.15 bits per heavy atom. The number of nitrogens with one attached hydrogen (secondary N) is 1. The summed E-state index contributed by atoms with van der Waals surface area (Å²) >= 11 is 1.70. The minimum absolute atomic E-state index is 0.337. The molecular formula is C20H22N4OS. The van der Waals surface area contributed by atoms with E-state index in [1.165, 1.54) is 5.56 Å². The van der Waals surface area contributed by atoms with Gasteiger partial charge in [-0.2, -0.15) is 0 Å². The lowest BCUT2D eigenvalue weighted by Gasteiger charge is -2.35. The Bertz CT molecular complexity index is 835. The maximum absolute atomic E-state index is 5.23. The van der Waals surface area contributed by atoms with Gasteiger partial charge in [-0.1, -0.05) is 6.07 Å². The maximum atomic E-state index is 5.23. The molecule has 1 atom stereocenters. The molecule has 2 aromatic heterocycles. The molecule has 1 saturated heterocycles. The van der Waals surface area contributed by atoms with Crippen LogP contribution in [0.5, 0.6) is 5.75 Å². The van der Waals surface area contributed by atoms with Crippen LogP contribution >= 0.6 is 11.3 Å². The second-order valence-electron chi connectivity index (χ2n) is 6.35. The number of hydrogen-bond acceptors (Lipinski definition) is 6. The summed E-state index contributed by atoms with van der Waals surface area (Å²) in [6.45, 7) is 3.82.